The molecule has 0 aliphatic heterocycles. The van der Waals surface area contributed by atoms with Gasteiger partial charge in [-0.05, 0) is 101 Å². The van der Waals surface area contributed by atoms with E-state index in [0.717, 1.165) is 33.7 Å². The number of thiophene rings is 1. The molecule has 0 radical (unpaired) electrons. The van der Waals surface area contributed by atoms with E-state index in [1.165, 1.54) is 75.0 Å². The average Bonchev–Trinajstić information content (AvgIpc) is 3.94. The summed E-state index contributed by atoms with van der Waals surface area (Å²) in [6, 6.07) is 70.7. The van der Waals surface area contributed by atoms with Crippen molar-refractivity contribution in [3.8, 4) is 44.9 Å². The third kappa shape index (κ3) is 5.01. The number of fused-ring (bicyclic) bond motifs is 9. The van der Waals surface area contributed by atoms with E-state index in [4.69, 9.17) is 4.98 Å². The standard InChI is InChI=1S/C53H33N3S/c1-4-22-48-41(16-1)42-17-2-5-23-49(42)56(48)39-26-28-51-46(33-39)45-32-37(47-21-7-8-29-54-47)25-27-50(45)55(51)38-15-10-13-35(31-38)34-12-9-14-36(30-34)40-19-11-20-44-43-18-3-6-24-52(43)57-53(40)44/h1-33H. The summed E-state index contributed by atoms with van der Waals surface area (Å²) in [5.74, 6) is 0. The van der Waals surface area contributed by atoms with Gasteiger partial charge in [-0.25, -0.2) is 0 Å². The second-order valence-electron chi connectivity index (χ2n) is 14.8. The minimum Gasteiger partial charge on any atom is -0.309 e. The van der Waals surface area contributed by atoms with Gasteiger partial charge in [-0.3, -0.25) is 4.98 Å². The third-order valence-corrected chi connectivity index (χ3v) is 12.8. The average molecular weight is 744 g/mol. The van der Waals surface area contributed by atoms with Crippen molar-refractivity contribution in [2.45, 2.75) is 0 Å². The van der Waals surface area contributed by atoms with Crippen LogP contribution < -0.4 is 0 Å². The van der Waals surface area contributed by atoms with Crippen LogP contribution in [0.3, 0.4) is 0 Å². The molecule has 0 aliphatic rings. The number of hydrogen-bond donors (Lipinski definition) is 0. The van der Waals surface area contributed by atoms with E-state index in [2.05, 4.69) is 197 Å². The molecular weight excluding hydrogens is 711 g/mol. The summed E-state index contributed by atoms with van der Waals surface area (Å²) < 4.78 is 7.49. The van der Waals surface area contributed by atoms with Gasteiger partial charge in [0.1, 0.15) is 0 Å². The molecule has 3 nitrogen and oxygen atoms in total. The molecule has 0 aliphatic carbocycles. The second-order valence-corrected chi connectivity index (χ2v) is 15.8. The van der Waals surface area contributed by atoms with Crippen LogP contribution in [-0.4, -0.2) is 14.1 Å². The predicted molar refractivity (Wildman–Crippen MR) is 242 cm³/mol. The van der Waals surface area contributed by atoms with E-state index < -0.39 is 0 Å². The molecule has 0 atom stereocenters. The summed E-state index contributed by atoms with van der Waals surface area (Å²) in [4.78, 5) is 4.72. The summed E-state index contributed by atoms with van der Waals surface area (Å²) in [6.07, 6.45) is 1.87. The van der Waals surface area contributed by atoms with E-state index in [9.17, 15) is 0 Å². The number of benzene rings is 8. The quantitative estimate of drug-likeness (QED) is 0.172. The van der Waals surface area contributed by atoms with Crippen molar-refractivity contribution in [1.29, 1.82) is 0 Å². The van der Waals surface area contributed by atoms with Crippen molar-refractivity contribution in [1.82, 2.24) is 14.1 Å². The van der Waals surface area contributed by atoms with Gasteiger partial charge in [-0.15, -0.1) is 11.3 Å². The lowest BCUT2D eigenvalue weighted by Gasteiger charge is -2.12. The minimum absolute atomic E-state index is 0.965. The molecule has 57 heavy (non-hydrogen) atoms. The first-order valence-electron chi connectivity index (χ1n) is 19.4. The third-order valence-electron chi connectivity index (χ3n) is 11.6. The highest BCUT2D eigenvalue weighted by atomic mass is 32.1. The highest BCUT2D eigenvalue weighted by Crippen LogP contribution is 2.42. The van der Waals surface area contributed by atoms with Gasteiger partial charge in [-0.1, -0.05) is 115 Å². The largest absolute Gasteiger partial charge is 0.309 e. The number of para-hydroxylation sites is 2. The fourth-order valence-corrected chi connectivity index (χ4v) is 10.2. The zero-order chi connectivity index (χ0) is 37.5. The summed E-state index contributed by atoms with van der Waals surface area (Å²) in [7, 11) is 0. The number of nitrogens with zero attached hydrogens (tertiary/aromatic N) is 3. The Kier molecular flexibility index (Phi) is 7.10. The van der Waals surface area contributed by atoms with Crippen LogP contribution in [0, 0.1) is 0 Å². The van der Waals surface area contributed by atoms with Crippen molar-refractivity contribution in [3.63, 3.8) is 0 Å². The van der Waals surface area contributed by atoms with Gasteiger partial charge in [0.15, 0.2) is 0 Å². The fourth-order valence-electron chi connectivity index (χ4n) is 8.99. The lowest BCUT2D eigenvalue weighted by atomic mass is 9.97. The van der Waals surface area contributed by atoms with E-state index in [-0.39, 0.29) is 0 Å². The first-order chi connectivity index (χ1) is 28.3. The summed E-state index contributed by atoms with van der Waals surface area (Å²) in [5.41, 5.74) is 13.9. The van der Waals surface area contributed by atoms with Crippen LogP contribution in [0.1, 0.15) is 0 Å². The maximum Gasteiger partial charge on any atom is 0.0702 e. The zero-order valence-corrected chi connectivity index (χ0v) is 31.6. The Balaban J connectivity index is 1.04. The smallest absolute Gasteiger partial charge is 0.0702 e. The maximum atomic E-state index is 4.72. The molecule has 0 saturated heterocycles. The lowest BCUT2D eigenvalue weighted by Crippen LogP contribution is -1.96. The van der Waals surface area contributed by atoms with E-state index in [1.807, 2.05) is 23.6 Å². The molecule has 12 aromatic rings. The van der Waals surface area contributed by atoms with Crippen molar-refractivity contribution in [2.75, 3.05) is 0 Å². The van der Waals surface area contributed by atoms with Crippen LogP contribution in [0.15, 0.2) is 200 Å². The molecule has 8 aromatic carbocycles. The molecule has 4 heteroatoms. The molecular formula is C53H33N3S. The van der Waals surface area contributed by atoms with Gasteiger partial charge in [-0.2, -0.15) is 0 Å². The van der Waals surface area contributed by atoms with Gasteiger partial charge >= 0.3 is 0 Å². The summed E-state index contributed by atoms with van der Waals surface area (Å²) >= 11 is 1.88. The van der Waals surface area contributed by atoms with Gasteiger partial charge in [0.25, 0.3) is 0 Å². The van der Waals surface area contributed by atoms with Gasteiger partial charge < -0.3 is 9.13 Å². The van der Waals surface area contributed by atoms with Gasteiger partial charge in [0.05, 0.1) is 27.8 Å². The monoisotopic (exact) mass is 743 g/mol. The van der Waals surface area contributed by atoms with Crippen LogP contribution in [0.25, 0.3) is 109 Å². The van der Waals surface area contributed by atoms with Crippen LogP contribution in [-0.2, 0) is 0 Å². The molecule has 4 heterocycles. The minimum atomic E-state index is 0.965. The molecule has 4 aromatic heterocycles. The zero-order valence-electron chi connectivity index (χ0n) is 30.8. The van der Waals surface area contributed by atoms with E-state index in [0.29, 0.717) is 0 Å². The molecule has 0 unspecified atom stereocenters. The fraction of sp³-hybridized carbons (Fsp3) is 0. The number of hydrogen-bond acceptors (Lipinski definition) is 2. The predicted octanol–water partition coefficient (Wildman–Crippen LogP) is 14.6. The second kappa shape index (κ2) is 12.6. The number of rotatable bonds is 5. The number of pyridine rings is 1. The molecule has 0 fully saturated rings. The first-order valence-corrected chi connectivity index (χ1v) is 20.2. The Hall–Kier alpha value is -7.27. The normalized spacial score (nSPS) is 11.9. The van der Waals surface area contributed by atoms with Gasteiger partial charge in [0.2, 0.25) is 0 Å². The molecule has 0 amide bonds. The molecule has 12 rings (SSSR count). The molecule has 0 spiro atoms. The van der Waals surface area contributed by atoms with Crippen molar-refractivity contribution < 1.29 is 0 Å². The van der Waals surface area contributed by atoms with Crippen LogP contribution in [0.4, 0.5) is 0 Å². The Bertz CT molecular complexity index is 3480. The Morgan fingerprint density at radius 3 is 1.74 bits per heavy atom. The van der Waals surface area contributed by atoms with Crippen LogP contribution >= 0.6 is 11.3 Å². The van der Waals surface area contributed by atoms with Gasteiger partial charge in [0, 0.05) is 64.9 Å². The molecule has 0 bridgehead atoms. The molecule has 266 valence electrons. The maximum absolute atomic E-state index is 4.72. The summed E-state index contributed by atoms with van der Waals surface area (Å²) in [5, 5.41) is 7.55. The Morgan fingerprint density at radius 2 is 0.947 bits per heavy atom. The Labute approximate surface area is 333 Å². The molecule has 0 saturated carbocycles. The first kappa shape index (κ1) is 32.0. The highest BCUT2D eigenvalue weighted by molar-refractivity contribution is 7.26. The van der Waals surface area contributed by atoms with Crippen molar-refractivity contribution >= 4 is 75.1 Å². The van der Waals surface area contributed by atoms with Crippen LogP contribution in [0.2, 0.25) is 0 Å². The topological polar surface area (TPSA) is 22.8 Å². The number of aromatic nitrogens is 3. The molecule has 0 N–H and O–H groups in total. The SMILES string of the molecule is c1ccc(-c2ccc3c(c2)c2cc(-n4c5ccccc5c5ccccc54)ccc2n3-c2cccc(-c3cccc(-c4cccc5c4sc4ccccc45)c3)c2)nc1. The summed E-state index contributed by atoms with van der Waals surface area (Å²) in [6.45, 7) is 0. The lowest BCUT2D eigenvalue weighted by molar-refractivity contribution is 1.17. The van der Waals surface area contributed by atoms with Crippen molar-refractivity contribution in [2.24, 2.45) is 0 Å². The van der Waals surface area contributed by atoms with E-state index >= 15 is 0 Å². The van der Waals surface area contributed by atoms with E-state index in [1.54, 1.807) is 0 Å². The van der Waals surface area contributed by atoms with Crippen molar-refractivity contribution in [3.05, 3.63) is 200 Å². The van der Waals surface area contributed by atoms with Crippen LogP contribution in [0.5, 0.6) is 0 Å². The highest BCUT2D eigenvalue weighted by Gasteiger charge is 2.18. The Morgan fingerprint density at radius 1 is 0.351 bits per heavy atom.